The third kappa shape index (κ3) is 2.61. The maximum absolute atomic E-state index is 5.92. The van der Waals surface area contributed by atoms with Crippen molar-refractivity contribution in [3.8, 4) is 0 Å². The van der Waals surface area contributed by atoms with Gasteiger partial charge in [0.25, 0.3) is 0 Å². The van der Waals surface area contributed by atoms with Crippen LogP contribution in [0.2, 0.25) is 4.34 Å². The number of alkyl halides is 1. The number of aromatic nitrogens is 1. The first kappa shape index (κ1) is 10.3. The van der Waals surface area contributed by atoms with Crippen LogP contribution >= 0.6 is 34.5 Å². The molecule has 12 heavy (non-hydrogen) atoms. The monoisotopic (exact) mass is 223 g/mol. The van der Waals surface area contributed by atoms with Crippen LogP contribution in [0.15, 0.2) is 5.51 Å². The minimum absolute atomic E-state index is 0.0826. The average Bonchev–Trinajstić information content (AvgIpc) is 2.36. The summed E-state index contributed by atoms with van der Waals surface area (Å²) in [5, 5.41) is 0. The second-order valence-corrected chi connectivity index (χ2v) is 5.27. The molecule has 0 saturated heterocycles. The van der Waals surface area contributed by atoms with Gasteiger partial charge < -0.3 is 0 Å². The van der Waals surface area contributed by atoms with E-state index in [1.54, 1.807) is 5.51 Å². The van der Waals surface area contributed by atoms with Crippen LogP contribution in [0.1, 0.15) is 19.5 Å². The van der Waals surface area contributed by atoms with E-state index in [0.29, 0.717) is 5.88 Å². The van der Waals surface area contributed by atoms with Gasteiger partial charge in [-0.2, -0.15) is 0 Å². The molecule has 68 valence electrons. The lowest BCUT2D eigenvalue weighted by atomic mass is 9.91. The summed E-state index contributed by atoms with van der Waals surface area (Å²) in [5.74, 6) is 0.626. The van der Waals surface area contributed by atoms with Crippen LogP contribution in [0.25, 0.3) is 0 Å². The molecule has 0 aliphatic rings. The molecule has 1 heterocycles. The van der Waals surface area contributed by atoms with Gasteiger partial charge in [-0.15, -0.1) is 22.9 Å². The molecule has 0 fully saturated rings. The molecule has 0 aromatic carbocycles. The van der Waals surface area contributed by atoms with Crippen LogP contribution in [0.3, 0.4) is 0 Å². The van der Waals surface area contributed by atoms with Gasteiger partial charge >= 0.3 is 0 Å². The Morgan fingerprint density at radius 3 is 2.67 bits per heavy atom. The SMILES string of the molecule is CC(C)(CCl)Cc1ncsc1Cl. The Kier molecular flexibility index (Phi) is 3.38. The lowest BCUT2D eigenvalue weighted by molar-refractivity contribution is 0.414. The summed E-state index contributed by atoms with van der Waals surface area (Å²) in [6.07, 6.45) is 0.846. The van der Waals surface area contributed by atoms with E-state index in [9.17, 15) is 0 Å². The van der Waals surface area contributed by atoms with Crippen LogP contribution in [0, 0.1) is 5.41 Å². The highest BCUT2D eigenvalue weighted by atomic mass is 35.5. The second-order valence-electron chi connectivity index (χ2n) is 3.55. The number of thiazole rings is 1. The van der Waals surface area contributed by atoms with E-state index in [4.69, 9.17) is 23.2 Å². The number of nitrogens with zero attached hydrogens (tertiary/aromatic N) is 1. The van der Waals surface area contributed by atoms with E-state index in [-0.39, 0.29) is 5.41 Å². The molecule has 0 aliphatic heterocycles. The Bertz CT molecular complexity index is 257. The van der Waals surface area contributed by atoms with Crippen molar-refractivity contribution in [1.29, 1.82) is 0 Å². The molecule has 0 amide bonds. The van der Waals surface area contributed by atoms with Crippen molar-refractivity contribution in [2.45, 2.75) is 20.3 Å². The standard InChI is InChI=1S/C8H11Cl2NS/c1-8(2,4-9)3-6-7(10)12-5-11-6/h5H,3-4H2,1-2H3. The summed E-state index contributed by atoms with van der Waals surface area (Å²) in [7, 11) is 0. The van der Waals surface area contributed by atoms with E-state index >= 15 is 0 Å². The van der Waals surface area contributed by atoms with E-state index < -0.39 is 0 Å². The Morgan fingerprint density at radius 2 is 2.25 bits per heavy atom. The molecule has 1 rings (SSSR count). The van der Waals surface area contributed by atoms with Gasteiger partial charge in [0.15, 0.2) is 0 Å². The first-order valence-electron chi connectivity index (χ1n) is 3.69. The highest BCUT2D eigenvalue weighted by Gasteiger charge is 2.19. The second kappa shape index (κ2) is 3.95. The quantitative estimate of drug-likeness (QED) is 0.715. The summed E-state index contributed by atoms with van der Waals surface area (Å²) in [4.78, 5) is 4.18. The van der Waals surface area contributed by atoms with Crippen LogP contribution < -0.4 is 0 Å². The van der Waals surface area contributed by atoms with Crippen LogP contribution in [-0.2, 0) is 6.42 Å². The van der Waals surface area contributed by atoms with Gasteiger partial charge in [-0.3, -0.25) is 0 Å². The van der Waals surface area contributed by atoms with Crippen LogP contribution in [0.5, 0.6) is 0 Å². The van der Waals surface area contributed by atoms with Gasteiger partial charge in [0.2, 0.25) is 0 Å². The molecular formula is C8H11Cl2NS. The predicted molar refractivity (Wildman–Crippen MR) is 55.3 cm³/mol. The van der Waals surface area contributed by atoms with Gasteiger partial charge in [-0.25, -0.2) is 4.98 Å². The summed E-state index contributed by atoms with van der Waals surface area (Å²) < 4.78 is 0.785. The Labute approximate surface area is 86.7 Å². The first-order chi connectivity index (χ1) is 5.55. The molecule has 1 aromatic rings. The summed E-state index contributed by atoms with van der Waals surface area (Å²) in [5.41, 5.74) is 2.81. The van der Waals surface area contributed by atoms with Crippen molar-refractivity contribution in [2.75, 3.05) is 5.88 Å². The number of hydrogen-bond acceptors (Lipinski definition) is 2. The molecule has 0 unspecified atom stereocenters. The van der Waals surface area contributed by atoms with E-state index in [0.717, 1.165) is 16.5 Å². The molecule has 0 N–H and O–H groups in total. The fourth-order valence-corrected chi connectivity index (χ4v) is 1.73. The Hall–Kier alpha value is 0.210. The molecule has 0 spiro atoms. The van der Waals surface area contributed by atoms with Crippen LogP contribution in [0.4, 0.5) is 0 Å². The van der Waals surface area contributed by atoms with Gasteiger partial charge in [0.05, 0.1) is 11.2 Å². The van der Waals surface area contributed by atoms with E-state index in [1.807, 2.05) is 0 Å². The van der Waals surface area contributed by atoms with Gasteiger partial charge in [0.1, 0.15) is 4.34 Å². The van der Waals surface area contributed by atoms with E-state index in [2.05, 4.69) is 18.8 Å². The van der Waals surface area contributed by atoms with Crippen molar-refractivity contribution in [2.24, 2.45) is 5.41 Å². The maximum Gasteiger partial charge on any atom is 0.116 e. The van der Waals surface area contributed by atoms with Gasteiger partial charge in [-0.1, -0.05) is 25.4 Å². The summed E-state index contributed by atoms with van der Waals surface area (Å²) in [6, 6.07) is 0. The normalized spacial score (nSPS) is 12.0. The first-order valence-corrected chi connectivity index (χ1v) is 5.48. The summed E-state index contributed by atoms with van der Waals surface area (Å²) >= 11 is 13.2. The molecular weight excluding hydrogens is 213 g/mol. The topological polar surface area (TPSA) is 12.9 Å². The Morgan fingerprint density at radius 1 is 1.58 bits per heavy atom. The third-order valence-corrected chi connectivity index (χ3v) is 3.46. The lowest BCUT2D eigenvalue weighted by Crippen LogP contribution is -2.17. The molecule has 4 heteroatoms. The largest absolute Gasteiger partial charge is 0.248 e. The van der Waals surface area contributed by atoms with E-state index in [1.165, 1.54) is 11.3 Å². The van der Waals surface area contributed by atoms with Crippen molar-refractivity contribution >= 4 is 34.5 Å². The van der Waals surface area contributed by atoms with Gasteiger partial charge in [-0.05, 0) is 11.8 Å². The molecule has 0 bridgehead atoms. The van der Waals surface area contributed by atoms with Gasteiger partial charge in [0, 0.05) is 5.88 Å². The number of hydrogen-bond donors (Lipinski definition) is 0. The Balaban J connectivity index is 2.70. The molecule has 1 aromatic heterocycles. The molecule has 0 atom stereocenters. The van der Waals surface area contributed by atoms with Crippen molar-refractivity contribution in [3.05, 3.63) is 15.5 Å². The van der Waals surface area contributed by atoms with Crippen molar-refractivity contribution < 1.29 is 0 Å². The highest BCUT2D eigenvalue weighted by Crippen LogP contribution is 2.28. The average molecular weight is 224 g/mol. The zero-order valence-corrected chi connectivity index (χ0v) is 9.43. The minimum Gasteiger partial charge on any atom is -0.248 e. The van der Waals surface area contributed by atoms with Crippen LogP contribution in [-0.4, -0.2) is 10.9 Å². The number of rotatable bonds is 3. The fourth-order valence-electron chi connectivity index (χ4n) is 0.871. The smallest absolute Gasteiger partial charge is 0.116 e. The zero-order chi connectivity index (χ0) is 9.19. The fraction of sp³-hybridized carbons (Fsp3) is 0.625. The van der Waals surface area contributed by atoms with Crippen molar-refractivity contribution in [3.63, 3.8) is 0 Å². The summed E-state index contributed by atoms with van der Waals surface area (Å²) in [6.45, 7) is 4.21. The lowest BCUT2D eigenvalue weighted by Gasteiger charge is -2.19. The maximum atomic E-state index is 5.92. The third-order valence-electron chi connectivity index (χ3n) is 1.60. The molecule has 0 aliphatic carbocycles. The van der Waals surface area contributed by atoms with Crippen molar-refractivity contribution in [1.82, 2.24) is 4.98 Å². The predicted octanol–water partition coefficient (Wildman–Crippen LogP) is 3.60. The number of halogens is 2. The molecule has 1 nitrogen and oxygen atoms in total. The highest BCUT2D eigenvalue weighted by molar-refractivity contribution is 7.14. The minimum atomic E-state index is 0.0826. The molecule has 0 saturated carbocycles. The zero-order valence-electron chi connectivity index (χ0n) is 7.10. The molecule has 0 radical (unpaired) electrons.